The molecule has 0 spiro atoms. The molecule has 1 aliphatic rings. The molecule has 2 heterocycles. The molecule has 1 atom stereocenters. The van der Waals surface area contributed by atoms with Gasteiger partial charge in [-0.05, 0) is 42.9 Å². The molecule has 0 amide bonds. The molecule has 2 heteroatoms. The molecular weight excluding hydrogens is 268 g/mol. The number of nitrogens with zero attached hydrogens (tertiary/aromatic N) is 2. The van der Waals surface area contributed by atoms with Gasteiger partial charge in [0.25, 0.3) is 0 Å². The summed E-state index contributed by atoms with van der Waals surface area (Å²) < 4.78 is 2.36. The average Bonchev–Trinajstić information content (AvgIpc) is 3.04. The normalized spacial score (nSPS) is 17.2. The van der Waals surface area contributed by atoms with Crippen molar-refractivity contribution in [3.8, 4) is 11.1 Å². The fraction of sp³-hybridized carbons (Fsp3) is 0.250. The standard InChI is InChI=1S/C20H20N2/c1-15-9-11-16(12-10-15)18-6-2-3-7-19(18)20-8-4-5-17-13-21-14-22(17)20/h2-3,6-7,9-14,20H,4-5,8H2,1H3. The number of aryl methyl sites for hydroxylation is 2. The Labute approximate surface area is 131 Å². The molecule has 110 valence electrons. The molecule has 0 saturated heterocycles. The quantitative estimate of drug-likeness (QED) is 0.663. The Morgan fingerprint density at radius 3 is 2.73 bits per heavy atom. The Hall–Kier alpha value is -2.35. The van der Waals surface area contributed by atoms with Crippen LogP contribution in [0.2, 0.25) is 0 Å². The molecule has 0 N–H and O–H groups in total. The summed E-state index contributed by atoms with van der Waals surface area (Å²) >= 11 is 0. The van der Waals surface area contributed by atoms with E-state index in [2.05, 4.69) is 65.0 Å². The van der Waals surface area contributed by atoms with Gasteiger partial charge in [-0.25, -0.2) is 4.98 Å². The summed E-state index contributed by atoms with van der Waals surface area (Å²) in [6, 6.07) is 18.0. The van der Waals surface area contributed by atoms with Crippen LogP contribution in [0, 0.1) is 6.92 Å². The van der Waals surface area contributed by atoms with Gasteiger partial charge in [-0.15, -0.1) is 0 Å². The molecule has 0 bridgehead atoms. The maximum Gasteiger partial charge on any atom is 0.0953 e. The van der Waals surface area contributed by atoms with Crippen LogP contribution >= 0.6 is 0 Å². The van der Waals surface area contributed by atoms with Crippen LogP contribution in [-0.2, 0) is 6.42 Å². The van der Waals surface area contributed by atoms with Crippen LogP contribution in [0.4, 0.5) is 0 Å². The monoisotopic (exact) mass is 288 g/mol. The first-order chi connectivity index (χ1) is 10.8. The predicted octanol–water partition coefficient (Wildman–Crippen LogP) is 4.78. The number of aromatic nitrogens is 2. The number of hydrogen-bond donors (Lipinski definition) is 0. The second-order valence-corrected chi connectivity index (χ2v) is 6.15. The summed E-state index contributed by atoms with van der Waals surface area (Å²) in [5, 5.41) is 0. The number of imidazole rings is 1. The summed E-state index contributed by atoms with van der Waals surface area (Å²) in [5.74, 6) is 0. The molecule has 0 aliphatic carbocycles. The van der Waals surface area contributed by atoms with Crippen LogP contribution in [0.3, 0.4) is 0 Å². The van der Waals surface area contributed by atoms with Crippen LogP contribution in [0.5, 0.6) is 0 Å². The third-order valence-electron chi connectivity index (χ3n) is 4.67. The van der Waals surface area contributed by atoms with Crippen molar-refractivity contribution < 1.29 is 0 Å². The van der Waals surface area contributed by atoms with Crippen molar-refractivity contribution in [3.05, 3.63) is 77.9 Å². The molecule has 0 radical (unpaired) electrons. The van der Waals surface area contributed by atoms with Crippen molar-refractivity contribution in [2.24, 2.45) is 0 Å². The topological polar surface area (TPSA) is 17.8 Å². The highest BCUT2D eigenvalue weighted by Gasteiger charge is 2.23. The Balaban J connectivity index is 1.83. The van der Waals surface area contributed by atoms with E-state index in [9.17, 15) is 0 Å². The molecule has 1 aliphatic heterocycles. The van der Waals surface area contributed by atoms with Crippen LogP contribution in [-0.4, -0.2) is 9.55 Å². The summed E-state index contributed by atoms with van der Waals surface area (Å²) in [4.78, 5) is 4.36. The minimum absolute atomic E-state index is 0.406. The van der Waals surface area contributed by atoms with Gasteiger partial charge in [0.1, 0.15) is 0 Å². The first kappa shape index (κ1) is 13.3. The Morgan fingerprint density at radius 1 is 1.05 bits per heavy atom. The number of rotatable bonds is 2. The summed E-state index contributed by atoms with van der Waals surface area (Å²) in [5.41, 5.74) is 6.71. The fourth-order valence-electron chi connectivity index (χ4n) is 3.51. The maximum atomic E-state index is 4.36. The largest absolute Gasteiger partial charge is 0.327 e. The van der Waals surface area contributed by atoms with E-state index in [0.717, 1.165) is 6.42 Å². The van der Waals surface area contributed by atoms with E-state index in [1.54, 1.807) is 0 Å². The minimum Gasteiger partial charge on any atom is -0.327 e. The molecule has 2 aromatic carbocycles. The van der Waals surface area contributed by atoms with Gasteiger partial charge in [-0.1, -0.05) is 54.1 Å². The first-order valence-electron chi connectivity index (χ1n) is 7.99. The highest BCUT2D eigenvalue weighted by molar-refractivity contribution is 5.68. The SMILES string of the molecule is Cc1ccc(-c2ccccc2C2CCCc3cncn32)cc1. The van der Waals surface area contributed by atoms with Crippen molar-refractivity contribution in [2.45, 2.75) is 32.2 Å². The zero-order chi connectivity index (χ0) is 14.9. The third kappa shape index (κ3) is 2.25. The lowest BCUT2D eigenvalue weighted by Gasteiger charge is -2.27. The second-order valence-electron chi connectivity index (χ2n) is 6.15. The summed E-state index contributed by atoms with van der Waals surface area (Å²) in [6.07, 6.45) is 7.57. The molecule has 4 rings (SSSR count). The van der Waals surface area contributed by atoms with Gasteiger partial charge in [-0.2, -0.15) is 0 Å². The average molecular weight is 288 g/mol. The van der Waals surface area contributed by atoms with Gasteiger partial charge < -0.3 is 4.57 Å². The zero-order valence-corrected chi connectivity index (χ0v) is 12.9. The van der Waals surface area contributed by atoms with Gasteiger partial charge in [0.2, 0.25) is 0 Å². The fourth-order valence-corrected chi connectivity index (χ4v) is 3.51. The Kier molecular flexibility index (Phi) is 3.30. The predicted molar refractivity (Wildman–Crippen MR) is 89.9 cm³/mol. The van der Waals surface area contributed by atoms with E-state index in [-0.39, 0.29) is 0 Å². The van der Waals surface area contributed by atoms with Crippen LogP contribution in [0.1, 0.15) is 35.7 Å². The van der Waals surface area contributed by atoms with Gasteiger partial charge in [0.05, 0.1) is 12.4 Å². The van der Waals surface area contributed by atoms with E-state index in [4.69, 9.17) is 0 Å². The lowest BCUT2D eigenvalue weighted by Crippen LogP contribution is -2.18. The molecule has 22 heavy (non-hydrogen) atoms. The third-order valence-corrected chi connectivity index (χ3v) is 4.67. The van der Waals surface area contributed by atoms with E-state index in [1.165, 1.54) is 40.8 Å². The molecule has 3 aromatic rings. The van der Waals surface area contributed by atoms with Crippen LogP contribution in [0.25, 0.3) is 11.1 Å². The highest BCUT2D eigenvalue weighted by atomic mass is 15.1. The zero-order valence-electron chi connectivity index (χ0n) is 12.9. The van der Waals surface area contributed by atoms with E-state index < -0.39 is 0 Å². The molecule has 0 saturated carbocycles. The lowest BCUT2D eigenvalue weighted by molar-refractivity contribution is 0.458. The van der Waals surface area contributed by atoms with Crippen LogP contribution in [0.15, 0.2) is 61.1 Å². The first-order valence-corrected chi connectivity index (χ1v) is 7.99. The van der Waals surface area contributed by atoms with E-state index in [0.29, 0.717) is 6.04 Å². The number of fused-ring (bicyclic) bond motifs is 1. The van der Waals surface area contributed by atoms with E-state index in [1.807, 2.05) is 12.5 Å². The molecular formula is C20H20N2. The molecule has 1 unspecified atom stereocenters. The summed E-state index contributed by atoms with van der Waals surface area (Å²) in [7, 11) is 0. The van der Waals surface area contributed by atoms with Gasteiger partial charge in [0, 0.05) is 11.9 Å². The number of hydrogen-bond acceptors (Lipinski definition) is 1. The minimum atomic E-state index is 0.406. The van der Waals surface area contributed by atoms with Crippen molar-refractivity contribution >= 4 is 0 Å². The maximum absolute atomic E-state index is 4.36. The van der Waals surface area contributed by atoms with Crippen molar-refractivity contribution in [1.29, 1.82) is 0 Å². The lowest BCUT2D eigenvalue weighted by atomic mass is 9.90. The number of benzene rings is 2. The summed E-state index contributed by atoms with van der Waals surface area (Å²) in [6.45, 7) is 2.13. The molecule has 1 aromatic heterocycles. The smallest absolute Gasteiger partial charge is 0.0953 e. The van der Waals surface area contributed by atoms with Crippen molar-refractivity contribution in [2.75, 3.05) is 0 Å². The highest BCUT2D eigenvalue weighted by Crippen LogP contribution is 2.36. The Morgan fingerprint density at radius 2 is 1.86 bits per heavy atom. The van der Waals surface area contributed by atoms with Crippen molar-refractivity contribution in [1.82, 2.24) is 9.55 Å². The Bertz CT molecular complexity index is 783. The van der Waals surface area contributed by atoms with Gasteiger partial charge in [0.15, 0.2) is 0 Å². The van der Waals surface area contributed by atoms with Crippen molar-refractivity contribution in [3.63, 3.8) is 0 Å². The van der Waals surface area contributed by atoms with Crippen LogP contribution < -0.4 is 0 Å². The molecule has 2 nitrogen and oxygen atoms in total. The second kappa shape index (κ2) is 5.45. The molecule has 0 fully saturated rings. The van der Waals surface area contributed by atoms with Gasteiger partial charge in [-0.3, -0.25) is 0 Å². The van der Waals surface area contributed by atoms with Gasteiger partial charge >= 0.3 is 0 Å². The van der Waals surface area contributed by atoms with E-state index >= 15 is 0 Å².